The van der Waals surface area contributed by atoms with E-state index in [4.69, 9.17) is 10.2 Å². The number of aliphatic hydroxyl groups excluding tert-OH is 1. The highest BCUT2D eigenvalue weighted by atomic mass is 16.4. The molecule has 0 aliphatic carbocycles. The Morgan fingerprint density at radius 1 is 1.37 bits per heavy atom. The van der Waals surface area contributed by atoms with E-state index in [1.807, 2.05) is 44.2 Å². The van der Waals surface area contributed by atoms with Crippen LogP contribution in [0.2, 0.25) is 0 Å². The molecule has 0 spiro atoms. The number of anilines is 1. The first-order valence-electron chi connectivity index (χ1n) is 6.28. The number of hydrazone groups is 1. The minimum Gasteiger partial charge on any atom is -0.481 e. The number of para-hydroxylation sites is 1. The van der Waals surface area contributed by atoms with Gasteiger partial charge in [0.1, 0.15) is 0 Å². The van der Waals surface area contributed by atoms with Gasteiger partial charge in [-0.15, -0.1) is 0 Å². The highest BCUT2D eigenvalue weighted by Crippen LogP contribution is 2.16. The van der Waals surface area contributed by atoms with E-state index >= 15 is 0 Å². The van der Waals surface area contributed by atoms with E-state index in [-0.39, 0.29) is 19.1 Å². The molecule has 2 N–H and O–H groups in total. The van der Waals surface area contributed by atoms with Crippen LogP contribution in [0.4, 0.5) is 5.69 Å². The molecule has 0 radical (unpaired) electrons. The molecule has 0 amide bonds. The molecule has 5 nitrogen and oxygen atoms in total. The quantitative estimate of drug-likeness (QED) is 0.583. The second kappa shape index (κ2) is 7.53. The molecule has 1 rings (SSSR count). The van der Waals surface area contributed by atoms with Gasteiger partial charge in [0.25, 0.3) is 0 Å². The highest BCUT2D eigenvalue weighted by molar-refractivity contribution is 5.88. The highest BCUT2D eigenvalue weighted by Gasteiger charge is 2.15. The molecule has 0 heterocycles. The fraction of sp³-hybridized carbons (Fsp3) is 0.429. The van der Waals surface area contributed by atoms with Crippen molar-refractivity contribution in [2.24, 2.45) is 11.0 Å². The van der Waals surface area contributed by atoms with Gasteiger partial charge < -0.3 is 10.2 Å². The maximum absolute atomic E-state index is 11.0. The molecule has 1 atom stereocenters. The number of hydrogen-bond donors (Lipinski definition) is 2. The summed E-state index contributed by atoms with van der Waals surface area (Å²) < 4.78 is 0. The van der Waals surface area contributed by atoms with Gasteiger partial charge in [-0.3, -0.25) is 9.80 Å². The summed E-state index contributed by atoms with van der Waals surface area (Å²) in [5.74, 6) is -1.75. The molecule has 104 valence electrons. The lowest BCUT2D eigenvalue weighted by molar-refractivity contribution is -0.139. The number of hydrogen-bond acceptors (Lipinski definition) is 4. The van der Waals surface area contributed by atoms with Gasteiger partial charge in [-0.05, 0) is 32.4 Å². The summed E-state index contributed by atoms with van der Waals surface area (Å²) in [6, 6.07) is 9.67. The monoisotopic (exact) mass is 264 g/mol. The number of carboxylic acid groups (broad SMARTS) is 1. The van der Waals surface area contributed by atoms with Gasteiger partial charge in [-0.2, -0.15) is 5.10 Å². The molecule has 19 heavy (non-hydrogen) atoms. The Balaban J connectivity index is 2.87. The van der Waals surface area contributed by atoms with Gasteiger partial charge in [0, 0.05) is 18.9 Å². The van der Waals surface area contributed by atoms with Gasteiger partial charge in [0.15, 0.2) is 0 Å². The number of aliphatic hydroxyl groups is 1. The van der Waals surface area contributed by atoms with Crippen LogP contribution in [0, 0.1) is 5.92 Å². The number of nitrogens with zero attached hydrogens (tertiary/aromatic N) is 2. The Kier molecular flexibility index (Phi) is 6.02. The molecule has 0 saturated carbocycles. The average Bonchev–Trinajstić information content (AvgIpc) is 2.38. The zero-order valence-corrected chi connectivity index (χ0v) is 11.2. The fourth-order valence-electron chi connectivity index (χ4n) is 1.63. The zero-order valence-electron chi connectivity index (χ0n) is 11.2. The molecule has 1 unspecified atom stereocenters. The summed E-state index contributed by atoms with van der Waals surface area (Å²) in [4.78, 5) is 11.0. The van der Waals surface area contributed by atoms with Crippen molar-refractivity contribution in [1.29, 1.82) is 0 Å². The van der Waals surface area contributed by atoms with Crippen molar-refractivity contribution in [3.63, 3.8) is 0 Å². The maximum atomic E-state index is 11.0. The zero-order chi connectivity index (χ0) is 14.3. The molecule has 5 heteroatoms. The second-order valence-electron chi connectivity index (χ2n) is 4.50. The lowest BCUT2D eigenvalue weighted by Gasteiger charge is -2.23. The Bertz CT molecular complexity index is 418. The van der Waals surface area contributed by atoms with E-state index in [0.29, 0.717) is 0 Å². The minimum absolute atomic E-state index is 0.113. The molecule has 0 aromatic heterocycles. The van der Waals surface area contributed by atoms with Crippen LogP contribution in [0.3, 0.4) is 0 Å². The first-order chi connectivity index (χ1) is 9.06. The minimum atomic E-state index is -0.977. The van der Waals surface area contributed by atoms with Crippen LogP contribution in [0.5, 0.6) is 0 Å². The van der Waals surface area contributed by atoms with Crippen molar-refractivity contribution in [2.45, 2.75) is 26.3 Å². The van der Waals surface area contributed by atoms with E-state index in [1.165, 1.54) is 6.21 Å². The van der Waals surface area contributed by atoms with Crippen molar-refractivity contribution < 1.29 is 15.0 Å². The first kappa shape index (κ1) is 15.2. The molecular weight excluding hydrogens is 244 g/mol. The molecule has 0 saturated heterocycles. The Morgan fingerprint density at radius 3 is 2.47 bits per heavy atom. The van der Waals surface area contributed by atoms with Crippen LogP contribution in [-0.4, -0.2) is 35.0 Å². The van der Waals surface area contributed by atoms with E-state index in [0.717, 1.165) is 5.69 Å². The number of aliphatic carboxylic acids is 1. The van der Waals surface area contributed by atoms with Crippen LogP contribution in [0.25, 0.3) is 0 Å². The van der Waals surface area contributed by atoms with Gasteiger partial charge in [0.2, 0.25) is 0 Å². The normalized spacial score (nSPS) is 12.8. The number of carboxylic acids is 1. The van der Waals surface area contributed by atoms with E-state index in [9.17, 15) is 4.79 Å². The Labute approximate surface area is 113 Å². The predicted octanol–water partition coefficient (Wildman–Crippen LogP) is 1.97. The third-order valence-electron chi connectivity index (χ3n) is 2.64. The van der Waals surface area contributed by atoms with E-state index < -0.39 is 11.9 Å². The van der Waals surface area contributed by atoms with Crippen molar-refractivity contribution in [3.8, 4) is 0 Å². The van der Waals surface area contributed by atoms with Crippen molar-refractivity contribution in [3.05, 3.63) is 30.3 Å². The van der Waals surface area contributed by atoms with Crippen LogP contribution in [0.1, 0.15) is 20.3 Å². The lowest BCUT2D eigenvalue weighted by Crippen LogP contribution is -2.27. The summed E-state index contributed by atoms with van der Waals surface area (Å²) >= 11 is 0. The summed E-state index contributed by atoms with van der Waals surface area (Å²) in [6.07, 6.45) is 1.55. The van der Waals surface area contributed by atoms with Gasteiger partial charge in [-0.1, -0.05) is 18.2 Å². The van der Waals surface area contributed by atoms with Crippen molar-refractivity contribution in [2.75, 3.05) is 11.6 Å². The topological polar surface area (TPSA) is 73.1 Å². The maximum Gasteiger partial charge on any atom is 0.312 e. The summed E-state index contributed by atoms with van der Waals surface area (Å²) in [7, 11) is 0. The predicted molar refractivity (Wildman–Crippen MR) is 75.4 cm³/mol. The third kappa shape index (κ3) is 4.71. The van der Waals surface area contributed by atoms with E-state index in [2.05, 4.69) is 5.10 Å². The van der Waals surface area contributed by atoms with Gasteiger partial charge in [-0.25, -0.2) is 0 Å². The molecule has 1 aromatic rings. The van der Waals surface area contributed by atoms with Crippen LogP contribution in [0.15, 0.2) is 35.4 Å². The molecular formula is C14H20N2O3. The summed E-state index contributed by atoms with van der Waals surface area (Å²) in [5, 5.41) is 23.9. The standard InChI is InChI=1S/C14H20N2O3/c1-11(2)16(13-6-4-3-5-7-13)15-10-12(8-9-17)14(18)19/h3-7,10-12,17H,8-9H2,1-2H3,(H,18,19). The van der Waals surface area contributed by atoms with Crippen LogP contribution >= 0.6 is 0 Å². The number of rotatable bonds is 7. The summed E-state index contributed by atoms with van der Waals surface area (Å²) in [6.45, 7) is 3.79. The largest absolute Gasteiger partial charge is 0.481 e. The van der Waals surface area contributed by atoms with Crippen LogP contribution in [-0.2, 0) is 4.79 Å². The Hall–Kier alpha value is -1.88. The molecule has 0 aliphatic rings. The second-order valence-corrected chi connectivity index (χ2v) is 4.50. The van der Waals surface area contributed by atoms with Crippen molar-refractivity contribution >= 4 is 17.9 Å². The number of carbonyl (C=O) groups is 1. The van der Waals surface area contributed by atoms with Gasteiger partial charge >= 0.3 is 5.97 Å². The fourth-order valence-corrected chi connectivity index (χ4v) is 1.63. The molecule has 0 fully saturated rings. The SMILES string of the molecule is CC(C)N(N=CC(CCO)C(=O)O)c1ccccc1. The molecule has 1 aromatic carbocycles. The first-order valence-corrected chi connectivity index (χ1v) is 6.28. The molecule has 0 bridgehead atoms. The van der Waals surface area contributed by atoms with E-state index in [1.54, 1.807) is 5.01 Å². The third-order valence-corrected chi connectivity index (χ3v) is 2.64. The number of benzene rings is 1. The Morgan fingerprint density at radius 2 is 2.00 bits per heavy atom. The van der Waals surface area contributed by atoms with Gasteiger partial charge in [0.05, 0.1) is 11.6 Å². The smallest absolute Gasteiger partial charge is 0.312 e. The van der Waals surface area contributed by atoms with Crippen LogP contribution < -0.4 is 5.01 Å². The summed E-state index contributed by atoms with van der Waals surface area (Å²) in [5.41, 5.74) is 0.905. The molecule has 0 aliphatic heterocycles. The lowest BCUT2D eigenvalue weighted by atomic mass is 10.1. The van der Waals surface area contributed by atoms with Crippen molar-refractivity contribution in [1.82, 2.24) is 0 Å². The average molecular weight is 264 g/mol.